The SMILES string of the molecule is C[C@H]1CN(c2ccc(C3CCS(=O)(=O)NC3)cc2)[C@@H](C)CN1CC(O)(Cn1cncn1)c1ccc(Cl)cc1Cl. The second-order valence-corrected chi connectivity index (χ2v) is 13.5. The molecule has 2 unspecified atom stereocenters. The van der Waals surface area contributed by atoms with Crippen molar-refractivity contribution in [2.45, 2.75) is 50.4 Å². The Morgan fingerprint density at radius 3 is 2.49 bits per heavy atom. The van der Waals surface area contributed by atoms with E-state index in [0.29, 0.717) is 35.1 Å². The van der Waals surface area contributed by atoms with Crippen LogP contribution in [0.2, 0.25) is 10.0 Å². The Balaban J connectivity index is 1.30. The van der Waals surface area contributed by atoms with E-state index in [4.69, 9.17) is 23.2 Å². The van der Waals surface area contributed by atoms with Crippen LogP contribution in [0.4, 0.5) is 5.69 Å². The lowest BCUT2D eigenvalue weighted by Gasteiger charge is -2.47. The first kappa shape index (κ1) is 28.3. The van der Waals surface area contributed by atoms with E-state index < -0.39 is 15.6 Å². The highest BCUT2D eigenvalue weighted by molar-refractivity contribution is 7.89. The van der Waals surface area contributed by atoms with E-state index >= 15 is 0 Å². The highest BCUT2D eigenvalue weighted by Crippen LogP contribution is 2.35. The van der Waals surface area contributed by atoms with Crippen molar-refractivity contribution < 1.29 is 13.5 Å². The van der Waals surface area contributed by atoms with Crippen LogP contribution in [0.25, 0.3) is 0 Å². The molecule has 2 N–H and O–H groups in total. The number of aromatic nitrogens is 3. The van der Waals surface area contributed by atoms with E-state index in [9.17, 15) is 13.5 Å². The average Bonchev–Trinajstić information content (AvgIpc) is 3.39. The van der Waals surface area contributed by atoms with E-state index in [0.717, 1.165) is 24.3 Å². The summed E-state index contributed by atoms with van der Waals surface area (Å²) in [6.45, 7) is 6.91. The maximum Gasteiger partial charge on any atom is 0.211 e. The number of nitrogens with one attached hydrogen (secondary N) is 1. The quantitative estimate of drug-likeness (QED) is 0.433. The average molecular weight is 594 g/mol. The summed E-state index contributed by atoms with van der Waals surface area (Å²) in [5, 5.41) is 17.2. The Bertz CT molecular complexity index is 1380. The largest absolute Gasteiger partial charge is 0.382 e. The van der Waals surface area contributed by atoms with Crippen LogP contribution in [0.3, 0.4) is 0 Å². The van der Waals surface area contributed by atoms with Gasteiger partial charge in [-0.1, -0.05) is 41.4 Å². The van der Waals surface area contributed by atoms with Gasteiger partial charge in [-0.05, 0) is 56.0 Å². The number of β-amino-alcohol motifs (C(OH)–C–C–N with tert-alkyl or cyclic N) is 1. The van der Waals surface area contributed by atoms with Gasteiger partial charge in [-0.3, -0.25) is 4.90 Å². The zero-order valence-corrected chi connectivity index (χ0v) is 24.4. The minimum atomic E-state index is -3.12. The van der Waals surface area contributed by atoms with Gasteiger partial charge >= 0.3 is 0 Å². The minimum absolute atomic E-state index is 0.155. The Kier molecular flexibility index (Phi) is 8.24. The summed E-state index contributed by atoms with van der Waals surface area (Å²) < 4.78 is 27.7. The Morgan fingerprint density at radius 1 is 1.08 bits per heavy atom. The molecule has 4 atom stereocenters. The van der Waals surface area contributed by atoms with E-state index in [-0.39, 0.29) is 30.3 Å². The standard InChI is InChI=1S/C27H34Cl2N6O3S/c1-19-14-35(24-6-3-21(4-7-24)22-9-10-39(37,38)32-12-22)20(2)13-33(19)15-27(36,16-34-18-30-17-31-34)25-8-5-23(28)11-26(25)29/h3-8,11,17-20,22,32,36H,9-10,12-16H2,1-2H3/t19-,20-,22?,27?/m0/s1. The van der Waals surface area contributed by atoms with Gasteiger partial charge in [0.15, 0.2) is 0 Å². The summed E-state index contributed by atoms with van der Waals surface area (Å²) >= 11 is 12.7. The molecule has 9 nitrogen and oxygen atoms in total. The molecule has 0 radical (unpaired) electrons. The first-order valence-electron chi connectivity index (χ1n) is 13.1. The van der Waals surface area contributed by atoms with Crippen molar-refractivity contribution in [2.24, 2.45) is 0 Å². The molecule has 5 rings (SSSR count). The molecule has 0 saturated carbocycles. The molecule has 0 spiro atoms. The third-order valence-corrected chi connectivity index (χ3v) is 9.81. The van der Waals surface area contributed by atoms with Crippen LogP contribution >= 0.6 is 23.2 Å². The van der Waals surface area contributed by atoms with Crippen molar-refractivity contribution in [2.75, 3.05) is 36.8 Å². The third kappa shape index (κ3) is 6.42. The number of sulfonamides is 1. The minimum Gasteiger partial charge on any atom is -0.382 e. The van der Waals surface area contributed by atoms with E-state index in [1.807, 2.05) is 0 Å². The summed E-state index contributed by atoms with van der Waals surface area (Å²) in [5.41, 5.74) is 1.58. The van der Waals surface area contributed by atoms with E-state index in [1.54, 1.807) is 29.2 Å². The van der Waals surface area contributed by atoms with Gasteiger partial charge in [-0.25, -0.2) is 22.8 Å². The third-order valence-electron chi connectivity index (χ3n) is 7.88. The molecule has 0 bridgehead atoms. The number of nitrogens with zero attached hydrogens (tertiary/aromatic N) is 5. The predicted molar refractivity (Wildman–Crippen MR) is 154 cm³/mol. The lowest BCUT2D eigenvalue weighted by atomic mass is 9.91. The molecule has 2 aliphatic rings. The molecule has 0 aliphatic carbocycles. The molecule has 0 amide bonds. The van der Waals surface area contributed by atoms with Crippen LogP contribution in [0.1, 0.15) is 37.3 Å². The molecule has 39 heavy (non-hydrogen) atoms. The Hall–Kier alpha value is -2.21. The summed E-state index contributed by atoms with van der Waals surface area (Å²) in [6.07, 6.45) is 3.67. The molecule has 1 aromatic heterocycles. The lowest BCUT2D eigenvalue weighted by Crippen LogP contribution is -2.59. The molecular weight excluding hydrogens is 559 g/mol. The van der Waals surface area contributed by atoms with Gasteiger partial charge in [-0.2, -0.15) is 5.10 Å². The maximum atomic E-state index is 12.0. The van der Waals surface area contributed by atoms with Gasteiger partial charge in [-0.15, -0.1) is 0 Å². The van der Waals surface area contributed by atoms with Crippen molar-refractivity contribution in [1.29, 1.82) is 0 Å². The molecule has 12 heteroatoms. The first-order chi connectivity index (χ1) is 18.5. The number of hydrogen-bond acceptors (Lipinski definition) is 7. The molecule has 2 fully saturated rings. The number of rotatable bonds is 7. The summed E-state index contributed by atoms with van der Waals surface area (Å²) in [5.74, 6) is 0.360. The molecular formula is C27H34Cl2N6O3S. The topological polar surface area (TPSA) is 104 Å². The van der Waals surface area contributed by atoms with Gasteiger partial charge in [0.25, 0.3) is 0 Å². The summed E-state index contributed by atoms with van der Waals surface area (Å²) in [4.78, 5) is 8.72. The molecule has 3 aromatic rings. The zero-order valence-electron chi connectivity index (χ0n) is 22.0. The Labute approximate surface area is 239 Å². The zero-order chi connectivity index (χ0) is 27.8. The number of anilines is 1. The highest BCUT2D eigenvalue weighted by Gasteiger charge is 2.39. The monoisotopic (exact) mass is 592 g/mol. The van der Waals surface area contributed by atoms with Crippen molar-refractivity contribution in [1.82, 2.24) is 24.4 Å². The predicted octanol–water partition coefficient (Wildman–Crippen LogP) is 3.48. The molecule has 2 aromatic carbocycles. The van der Waals surface area contributed by atoms with Gasteiger partial charge in [0.05, 0.1) is 12.3 Å². The van der Waals surface area contributed by atoms with Crippen LogP contribution in [0, 0.1) is 0 Å². The van der Waals surface area contributed by atoms with Crippen LogP contribution in [-0.4, -0.2) is 77.2 Å². The Morgan fingerprint density at radius 2 is 1.85 bits per heavy atom. The van der Waals surface area contributed by atoms with Crippen LogP contribution in [0.5, 0.6) is 0 Å². The molecule has 210 valence electrons. The van der Waals surface area contributed by atoms with Gasteiger partial charge in [0, 0.05) is 59.6 Å². The molecule has 2 saturated heterocycles. The normalized spacial score (nSPS) is 25.4. The molecule has 3 heterocycles. The van der Waals surface area contributed by atoms with Crippen LogP contribution in [-0.2, 0) is 22.2 Å². The summed E-state index contributed by atoms with van der Waals surface area (Å²) in [6, 6.07) is 14.0. The number of hydrogen-bond donors (Lipinski definition) is 2. The number of benzene rings is 2. The fraction of sp³-hybridized carbons (Fsp3) is 0.481. The van der Waals surface area contributed by atoms with E-state index in [1.165, 1.54) is 6.33 Å². The summed E-state index contributed by atoms with van der Waals surface area (Å²) in [7, 11) is -3.12. The maximum absolute atomic E-state index is 12.0. The first-order valence-corrected chi connectivity index (χ1v) is 15.5. The van der Waals surface area contributed by atoms with Crippen LogP contribution in [0.15, 0.2) is 55.1 Å². The fourth-order valence-electron chi connectivity index (χ4n) is 5.71. The number of halogens is 2. The van der Waals surface area contributed by atoms with Gasteiger partial charge in [0.2, 0.25) is 10.0 Å². The number of aliphatic hydroxyl groups is 1. The van der Waals surface area contributed by atoms with Crippen LogP contribution < -0.4 is 9.62 Å². The van der Waals surface area contributed by atoms with Crippen molar-refractivity contribution in [3.8, 4) is 0 Å². The van der Waals surface area contributed by atoms with Gasteiger partial charge in [0.1, 0.15) is 18.3 Å². The molecule has 2 aliphatic heterocycles. The highest BCUT2D eigenvalue weighted by atomic mass is 35.5. The lowest BCUT2D eigenvalue weighted by molar-refractivity contribution is -0.0328. The van der Waals surface area contributed by atoms with Crippen molar-refractivity contribution in [3.63, 3.8) is 0 Å². The van der Waals surface area contributed by atoms with Crippen molar-refractivity contribution >= 4 is 38.9 Å². The second-order valence-electron chi connectivity index (χ2n) is 10.8. The smallest absolute Gasteiger partial charge is 0.211 e. The fourth-order valence-corrected chi connectivity index (χ4v) is 7.48. The van der Waals surface area contributed by atoms with E-state index in [2.05, 4.69) is 62.7 Å². The van der Waals surface area contributed by atoms with Crippen molar-refractivity contribution in [3.05, 3.63) is 76.3 Å². The van der Waals surface area contributed by atoms with Gasteiger partial charge < -0.3 is 10.0 Å². The second kappa shape index (κ2) is 11.3. The number of piperazine rings is 1.